The van der Waals surface area contributed by atoms with E-state index in [0.717, 1.165) is 32.0 Å². The van der Waals surface area contributed by atoms with Crippen molar-refractivity contribution < 1.29 is 14.7 Å². The normalized spacial score (nSPS) is 15.9. The number of carbonyl (C=O) groups excluding carboxylic acids is 1. The van der Waals surface area contributed by atoms with Gasteiger partial charge in [-0.2, -0.15) is 0 Å². The SMILES string of the molecule is O=C(NO)c1ccc(N2CCOCC2)cc1. The molecule has 1 heterocycles. The second-order valence-electron chi connectivity index (χ2n) is 3.59. The predicted molar refractivity (Wildman–Crippen MR) is 58.7 cm³/mol. The van der Waals surface area contributed by atoms with Gasteiger partial charge < -0.3 is 9.64 Å². The maximum absolute atomic E-state index is 11.1. The van der Waals surface area contributed by atoms with Gasteiger partial charge in [-0.25, -0.2) is 5.48 Å². The molecule has 0 radical (unpaired) electrons. The van der Waals surface area contributed by atoms with Crippen molar-refractivity contribution in [1.82, 2.24) is 5.48 Å². The fourth-order valence-electron chi connectivity index (χ4n) is 1.71. The Morgan fingerprint density at radius 1 is 1.25 bits per heavy atom. The fraction of sp³-hybridized carbons (Fsp3) is 0.364. The molecule has 2 rings (SSSR count). The van der Waals surface area contributed by atoms with Crippen LogP contribution in [0.1, 0.15) is 10.4 Å². The Morgan fingerprint density at radius 2 is 1.88 bits per heavy atom. The molecular weight excluding hydrogens is 208 g/mol. The van der Waals surface area contributed by atoms with Crippen molar-refractivity contribution in [3.05, 3.63) is 29.8 Å². The van der Waals surface area contributed by atoms with E-state index in [0.29, 0.717) is 5.56 Å². The van der Waals surface area contributed by atoms with E-state index in [-0.39, 0.29) is 0 Å². The van der Waals surface area contributed by atoms with Gasteiger partial charge in [0.25, 0.3) is 5.91 Å². The third kappa shape index (κ3) is 2.32. The first kappa shape index (κ1) is 10.9. The Kier molecular flexibility index (Phi) is 3.38. The molecule has 5 heteroatoms. The first-order valence-corrected chi connectivity index (χ1v) is 5.18. The summed E-state index contributed by atoms with van der Waals surface area (Å²) in [7, 11) is 0. The van der Waals surface area contributed by atoms with Gasteiger partial charge in [0, 0.05) is 24.3 Å². The van der Waals surface area contributed by atoms with Crippen LogP contribution >= 0.6 is 0 Å². The Morgan fingerprint density at radius 3 is 2.44 bits per heavy atom. The summed E-state index contributed by atoms with van der Waals surface area (Å²) in [6, 6.07) is 7.12. The zero-order chi connectivity index (χ0) is 11.4. The number of nitrogens with zero attached hydrogens (tertiary/aromatic N) is 1. The molecule has 16 heavy (non-hydrogen) atoms. The van der Waals surface area contributed by atoms with Crippen molar-refractivity contribution in [2.75, 3.05) is 31.2 Å². The molecule has 1 saturated heterocycles. The number of hydrogen-bond acceptors (Lipinski definition) is 4. The summed E-state index contributed by atoms with van der Waals surface area (Å²) in [6.07, 6.45) is 0. The highest BCUT2D eigenvalue weighted by atomic mass is 16.5. The lowest BCUT2D eigenvalue weighted by Gasteiger charge is -2.28. The van der Waals surface area contributed by atoms with E-state index in [9.17, 15) is 4.79 Å². The molecule has 0 saturated carbocycles. The molecule has 1 fully saturated rings. The first-order valence-electron chi connectivity index (χ1n) is 5.18. The topological polar surface area (TPSA) is 61.8 Å². The number of hydroxylamine groups is 1. The number of morpholine rings is 1. The van der Waals surface area contributed by atoms with E-state index < -0.39 is 5.91 Å². The molecule has 0 aliphatic carbocycles. The van der Waals surface area contributed by atoms with E-state index in [4.69, 9.17) is 9.94 Å². The van der Waals surface area contributed by atoms with Crippen LogP contribution < -0.4 is 10.4 Å². The molecule has 1 aromatic rings. The van der Waals surface area contributed by atoms with Crippen LogP contribution in [-0.4, -0.2) is 37.4 Å². The van der Waals surface area contributed by atoms with Crippen molar-refractivity contribution in [2.45, 2.75) is 0 Å². The predicted octanol–water partition coefficient (Wildman–Crippen LogP) is 0.642. The highest BCUT2D eigenvalue weighted by Crippen LogP contribution is 2.16. The van der Waals surface area contributed by atoms with Crippen LogP contribution in [0.25, 0.3) is 0 Å². The standard InChI is InChI=1S/C11H14N2O3/c14-11(12-15)9-1-3-10(4-2-9)13-5-7-16-8-6-13/h1-4,15H,5-8H2,(H,12,14). The minimum atomic E-state index is -0.492. The second kappa shape index (κ2) is 4.96. The summed E-state index contributed by atoms with van der Waals surface area (Å²) in [5, 5.41) is 8.48. The molecule has 0 unspecified atom stereocenters. The number of nitrogens with one attached hydrogen (secondary N) is 1. The number of anilines is 1. The Labute approximate surface area is 93.6 Å². The van der Waals surface area contributed by atoms with E-state index in [1.54, 1.807) is 17.6 Å². The third-order valence-electron chi connectivity index (χ3n) is 2.61. The molecule has 1 aromatic carbocycles. The number of hydrogen-bond donors (Lipinski definition) is 2. The number of benzene rings is 1. The van der Waals surface area contributed by atoms with Gasteiger partial charge in [0.05, 0.1) is 13.2 Å². The Bertz CT molecular complexity index is 358. The molecule has 0 spiro atoms. The van der Waals surface area contributed by atoms with E-state index >= 15 is 0 Å². The van der Waals surface area contributed by atoms with Crippen LogP contribution in [0.2, 0.25) is 0 Å². The molecule has 86 valence electrons. The van der Waals surface area contributed by atoms with Crippen LogP contribution in [0.15, 0.2) is 24.3 Å². The van der Waals surface area contributed by atoms with Crippen LogP contribution in [0, 0.1) is 0 Å². The van der Waals surface area contributed by atoms with Crippen molar-refractivity contribution in [3.8, 4) is 0 Å². The smallest absolute Gasteiger partial charge is 0.274 e. The number of carbonyl (C=O) groups is 1. The zero-order valence-corrected chi connectivity index (χ0v) is 8.85. The van der Waals surface area contributed by atoms with Gasteiger partial charge in [-0.05, 0) is 24.3 Å². The van der Waals surface area contributed by atoms with Crippen molar-refractivity contribution >= 4 is 11.6 Å². The molecular formula is C11H14N2O3. The number of ether oxygens (including phenoxy) is 1. The van der Waals surface area contributed by atoms with Gasteiger partial charge >= 0.3 is 0 Å². The van der Waals surface area contributed by atoms with Gasteiger partial charge in [-0.3, -0.25) is 10.0 Å². The summed E-state index contributed by atoms with van der Waals surface area (Å²) in [5.74, 6) is -0.492. The Hall–Kier alpha value is -1.59. The average Bonchev–Trinajstić information content (AvgIpc) is 2.39. The summed E-state index contributed by atoms with van der Waals surface area (Å²) in [4.78, 5) is 13.3. The molecule has 1 amide bonds. The lowest BCUT2D eigenvalue weighted by Crippen LogP contribution is -2.36. The summed E-state index contributed by atoms with van der Waals surface area (Å²) >= 11 is 0. The lowest BCUT2D eigenvalue weighted by atomic mass is 10.2. The summed E-state index contributed by atoms with van der Waals surface area (Å²) < 4.78 is 5.26. The summed E-state index contributed by atoms with van der Waals surface area (Å²) in [6.45, 7) is 3.20. The lowest BCUT2D eigenvalue weighted by molar-refractivity contribution is 0.0706. The van der Waals surface area contributed by atoms with Gasteiger partial charge in [0.1, 0.15) is 0 Å². The highest BCUT2D eigenvalue weighted by molar-refractivity contribution is 5.93. The van der Waals surface area contributed by atoms with Crippen LogP contribution in [0.3, 0.4) is 0 Å². The molecule has 0 atom stereocenters. The zero-order valence-electron chi connectivity index (χ0n) is 8.85. The molecule has 0 bridgehead atoms. The monoisotopic (exact) mass is 222 g/mol. The van der Waals surface area contributed by atoms with E-state index in [2.05, 4.69) is 4.90 Å². The molecule has 2 N–H and O–H groups in total. The molecule has 1 aliphatic rings. The van der Waals surface area contributed by atoms with Crippen molar-refractivity contribution in [2.24, 2.45) is 0 Å². The largest absolute Gasteiger partial charge is 0.378 e. The van der Waals surface area contributed by atoms with Crippen LogP contribution in [0.4, 0.5) is 5.69 Å². The number of rotatable bonds is 2. The van der Waals surface area contributed by atoms with E-state index in [1.165, 1.54) is 0 Å². The van der Waals surface area contributed by atoms with Crippen molar-refractivity contribution in [3.63, 3.8) is 0 Å². The van der Waals surface area contributed by atoms with E-state index in [1.807, 2.05) is 12.1 Å². The maximum atomic E-state index is 11.1. The minimum Gasteiger partial charge on any atom is -0.378 e. The van der Waals surface area contributed by atoms with Gasteiger partial charge in [-0.1, -0.05) is 0 Å². The second-order valence-corrected chi connectivity index (χ2v) is 3.59. The molecule has 5 nitrogen and oxygen atoms in total. The first-order chi connectivity index (χ1) is 7.81. The van der Waals surface area contributed by atoms with Gasteiger partial charge in [-0.15, -0.1) is 0 Å². The third-order valence-corrected chi connectivity index (χ3v) is 2.61. The Balaban J connectivity index is 2.09. The van der Waals surface area contributed by atoms with Crippen molar-refractivity contribution in [1.29, 1.82) is 0 Å². The summed E-state index contributed by atoms with van der Waals surface area (Å²) in [5.41, 5.74) is 3.12. The molecule has 0 aromatic heterocycles. The fourth-order valence-corrected chi connectivity index (χ4v) is 1.71. The minimum absolute atomic E-state index is 0.444. The highest BCUT2D eigenvalue weighted by Gasteiger charge is 2.11. The molecule has 1 aliphatic heterocycles. The number of amides is 1. The van der Waals surface area contributed by atoms with Gasteiger partial charge in [0.15, 0.2) is 0 Å². The maximum Gasteiger partial charge on any atom is 0.274 e. The van der Waals surface area contributed by atoms with Gasteiger partial charge in [0.2, 0.25) is 0 Å². The van der Waals surface area contributed by atoms with Crippen LogP contribution in [0.5, 0.6) is 0 Å². The quantitative estimate of drug-likeness (QED) is 0.569. The average molecular weight is 222 g/mol. The van der Waals surface area contributed by atoms with Crippen LogP contribution in [-0.2, 0) is 4.74 Å².